The number of nitrogens with zero attached hydrogens (tertiary/aromatic N) is 4. The molecule has 0 bridgehead atoms. The van der Waals surface area contributed by atoms with E-state index in [4.69, 9.17) is 14.6 Å². The van der Waals surface area contributed by atoms with Gasteiger partial charge in [0.2, 0.25) is 0 Å². The molecule has 10 aromatic rings. The molecule has 0 radical (unpaired) electrons. The number of hydrogen-bond acceptors (Lipinski definition) is 3. The van der Waals surface area contributed by atoms with Crippen molar-refractivity contribution in [2.75, 3.05) is 0 Å². The SMILES string of the molecule is c1ccc(-c2oc3c(ccc4c3c3ccccc3n4-c3cccc(-n4c(-c5ccccc5)nnc4-c4ccccc4)c3)c2-c2ccccc2)cc1. The van der Waals surface area contributed by atoms with E-state index in [1.165, 1.54) is 0 Å². The number of aromatic nitrogens is 4. The lowest BCUT2D eigenvalue weighted by atomic mass is 9.98. The summed E-state index contributed by atoms with van der Waals surface area (Å²) in [5.41, 5.74) is 10.3. The predicted molar refractivity (Wildman–Crippen MR) is 207 cm³/mol. The minimum Gasteiger partial charge on any atom is -0.455 e. The molecule has 5 heteroatoms. The lowest BCUT2D eigenvalue weighted by Crippen LogP contribution is -2.02. The zero-order valence-electron chi connectivity index (χ0n) is 27.5. The molecule has 5 nitrogen and oxygen atoms in total. The third-order valence-corrected chi connectivity index (χ3v) is 9.66. The standard InChI is InChI=1S/C46H30N4O/c1-5-16-31(17-6-1)41-38-28-29-40-42(44(38)51-43(41)32-18-7-2-8-19-32)37-26-13-14-27-39(37)49(40)35-24-15-25-36(30-35)50-45(33-20-9-3-10-21-33)47-48-46(50)34-22-11-4-12-23-34/h1-30H. The van der Waals surface area contributed by atoms with Crippen molar-refractivity contribution in [1.29, 1.82) is 0 Å². The minimum absolute atomic E-state index is 0.785. The molecular formula is C46H30N4O. The molecule has 0 aliphatic heterocycles. The Morgan fingerprint density at radius 2 is 0.922 bits per heavy atom. The summed E-state index contributed by atoms with van der Waals surface area (Å²) in [5.74, 6) is 2.44. The lowest BCUT2D eigenvalue weighted by molar-refractivity contribution is 0.636. The van der Waals surface area contributed by atoms with E-state index in [2.05, 4.69) is 149 Å². The monoisotopic (exact) mass is 654 g/mol. The van der Waals surface area contributed by atoms with Gasteiger partial charge < -0.3 is 8.98 Å². The van der Waals surface area contributed by atoms with E-state index in [0.29, 0.717) is 0 Å². The normalized spacial score (nSPS) is 11.5. The molecule has 0 unspecified atom stereocenters. The quantitative estimate of drug-likeness (QED) is 0.179. The van der Waals surface area contributed by atoms with Crippen LogP contribution in [0.15, 0.2) is 186 Å². The highest BCUT2D eigenvalue weighted by Gasteiger charge is 2.24. The second-order valence-corrected chi connectivity index (χ2v) is 12.7. The molecule has 0 N–H and O–H groups in total. The summed E-state index contributed by atoms with van der Waals surface area (Å²) in [6.45, 7) is 0. The van der Waals surface area contributed by atoms with Crippen LogP contribution in [-0.2, 0) is 0 Å². The van der Waals surface area contributed by atoms with Crippen molar-refractivity contribution in [2.24, 2.45) is 0 Å². The maximum absolute atomic E-state index is 6.99. The van der Waals surface area contributed by atoms with Crippen molar-refractivity contribution in [3.63, 3.8) is 0 Å². The first-order valence-electron chi connectivity index (χ1n) is 17.1. The molecule has 240 valence electrons. The van der Waals surface area contributed by atoms with Gasteiger partial charge in [-0.25, -0.2) is 0 Å². The van der Waals surface area contributed by atoms with Crippen LogP contribution in [0.3, 0.4) is 0 Å². The molecule has 0 aliphatic rings. The largest absolute Gasteiger partial charge is 0.455 e. The van der Waals surface area contributed by atoms with Crippen molar-refractivity contribution >= 4 is 32.8 Å². The maximum atomic E-state index is 6.99. The Hall–Kier alpha value is -6.98. The number of benzene rings is 7. The van der Waals surface area contributed by atoms with Gasteiger partial charge in [0, 0.05) is 38.7 Å². The van der Waals surface area contributed by atoms with Crippen LogP contribution in [-0.4, -0.2) is 19.3 Å². The van der Waals surface area contributed by atoms with Crippen LogP contribution in [0.25, 0.3) is 89.4 Å². The van der Waals surface area contributed by atoms with Gasteiger partial charge in [0.1, 0.15) is 11.3 Å². The summed E-state index contributed by atoms with van der Waals surface area (Å²) in [6, 6.07) is 63.1. The van der Waals surface area contributed by atoms with Crippen LogP contribution in [0.1, 0.15) is 0 Å². The van der Waals surface area contributed by atoms with Gasteiger partial charge in [0.25, 0.3) is 0 Å². The highest BCUT2D eigenvalue weighted by molar-refractivity contribution is 6.22. The van der Waals surface area contributed by atoms with E-state index in [0.717, 1.165) is 89.4 Å². The number of rotatable bonds is 6. The van der Waals surface area contributed by atoms with Crippen LogP contribution in [0.5, 0.6) is 0 Å². The first kappa shape index (κ1) is 29.0. The van der Waals surface area contributed by atoms with Gasteiger partial charge in [-0.3, -0.25) is 4.57 Å². The molecule has 0 saturated heterocycles. The van der Waals surface area contributed by atoms with Gasteiger partial charge in [-0.2, -0.15) is 0 Å². The van der Waals surface area contributed by atoms with Crippen LogP contribution in [0.2, 0.25) is 0 Å². The van der Waals surface area contributed by atoms with E-state index >= 15 is 0 Å². The van der Waals surface area contributed by atoms with Crippen molar-refractivity contribution in [3.8, 4) is 56.6 Å². The van der Waals surface area contributed by atoms with E-state index in [-0.39, 0.29) is 0 Å². The molecule has 0 atom stereocenters. The van der Waals surface area contributed by atoms with Crippen molar-refractivity contribution < 1.29 is 4.42 Å². The Kier molecular flexibility index (Phi) is 6.74. The van der Waals surface area contributed by atoms with Gasteiger partial charge in [0.15, 0.2) is 11.6 Å². The van der Waals surface area contributed by atoms with Crippen molar-refractivity contribution in [3.05, 3.63) is 182 Å². The first-order valence-corrected chi connectivity index (χ1v) is 17.1. The summed E-state index contributed by atoms with van der Waals surface area (Å²) in [5, 5.41) is 12.8. The van der Waals surface area contributed by atoms with E-state index in [9.17, 15) is 0 Å². The molecule has 0 aliphatic carbocycles. The van der Waals surface area contributed by atoms with Crippen LogP contribution < -0.4 is 0 Å². The van der Waals surface area contributed by atoms with Gasteiger partial charge in [-0.15, -0.1) is 10.2 Å². The lowest BCUT2D eigenvalue weighted by Gasteiger charge is -2.14. The summed E-state index contributed by atoms with van der Waals surface area (Å²) < 4.78 is 11.5. The van der Waals surface area contributed by atoms with E-state index < -0.39 is 0 Å². The molecular weight excluding hydrogens is 625 g/mol. The number of hydrogen-bond donors (Lipinski definition) is 0. The Labute approximate surface area is 294 Å². The molecule has 3 heterocycles. The Balaban J connectivity index is 1.23. The van der Waals surface area contributed by atoms with Crippen LogP contribution in [0.4, 0.5) is 0 Å². The Bertz CT molecular complexity index is 2780. The third-order valence-electron chi connectivity index (χ3n) is 9.66. The van der Waals surface area contributed by atoms with Gasteiger partial charge >= 0.3 is 0 Å². The average molecular weight is 655 g/mol. The van der Waals surface area contributed by atoms with E-state index in [1.54, 1.807) is 0 Å². The highest BCUT2D eigenvalue weighted by Crippen LogP contribution is 2.46. The van der Waals surface area contributed by atoms with Gasteiger partial charge in [0.05, 0.1) is 22.1 Å². The van der Waals surface area contributed by atoms with Crippen molar-refractivity contribution in [1.82, 2.24) is 19.3 Å². The smallest absolute Gasteiger partial charge is 0.168 e. The Morgan fingerprint density at radius 1 is 0.392 bits per heavy atom. The van der Waals surface area contributed by atoms with Gasteiger partial charge in [-0.05, 0) is 42.0 Å². The van der Waals surface area contributed by atoms with Crippen molar-refractivity contribution in [2.45, 2.75) is 0 Å². The molecule has 10 rings (SSSR count). The fourth-order valence-electron chi connectivity index (χ4n) is 7.42. The fraction of sp³-hybridized carbons (Fsp3) is 0. The van der Waals surface area contributed by atoms with Gasteiger partial charge in [-0.1, -0.05) is 146 Å². The van der Waals surface area contributed by atoms with Crippen LogP contribution in [0, 0.1) is 0 Å². The van der Waals surface area contributed by atoms with E-state index in [1.807, 2.05) is 42.5 Å². The fourth-order valence-corrected chi connectivity index (χ4v) is 7.42. The number of para-hydroxylation sites is 1. The average Bonchev–Trinajstić information content (AvgIpc) is 3.92. The Morgan fingerprint density at radius 3 is 1.55 bits per heavy atom. The third kappa shape index (κ3) is 4.71. The molecule has 51 heavy (non-hydrogen) atoms. The second-order valence-electron chi connectivity index (χ2n) is 12.7. The number of fused-ring (bicyclic) bond motifs is 5. The molecule has 0 fully saturated rings. The van der Waals surface area contributed by atoms with Crippen LogP contribution >= 0.6 is 0 Å². The summed E-state index contributed by atoms with van der Waals surface area (Å²) >= 11 is 0. The maximum Gasteiger partial charge on any atom is 0.168 e. The minimum atomic E-state index is 0.785. The molecule has 7 aromatic carbocycles. The zero-order chi connectivity index (χ0) is 33.7. The topological polar surface area (TPSA) is 48.8 Å². The zero-order valence-corrected chi connectivity index (χ0v) is 27.5. The molecule has 0 saturated carbocycles. The number of furan rings is 1. The highest BCUT2D eigenvalue weighted by atomic mass is 16.3. The molecule has 3 aromatic heterocycles. The first-order chi connectivity index (χ1) is 25.3. The molecule has 0 spiro atoms. The summed E-state index contributed by atoms with van der Waals surface area (Å²) in [6.07, 6.45) is 0. The summed E-state index contributed by atoms with van der Waals surface area (Å²) in [7, 11) is 0. The second kappa shape index (κ2) is 11.9. The predicted octanol–water partition coefficient (Wildman–Crippen LogP) is 11.8. The summed E-state index contributed by atoms with van der Waals surface area (Å²) in [4.78, 5) is 0. The molecule has 0 amide bonds.